The molecule has 2 heterocycles. The SMILES string of the molecule is CSc1n[nH]c2c1-c1ccccc1Oc1ccccc1-2. The third-order valence-corrected chi connectivity index (χ3v) is 4.14. The van der Waals surface area contributed by atoms with Gasteiger partial charge in [0.1, 0.15) is 16.5 Å². The fraction of sp³-hybridized carbons (Fsp3) is 0.0625. The van der Waals surface area contributed by atoms with Crippen LogP contribution in [0.25, 0.3) is 22.4 Å². The minimum atomic E-state index is 0.856. The molecule has 4 heteroatoms. The van der Waals surface area contributed by atoms with E-state index in [0.29, 0.717) is 0 Å². The molecule has 3 nitrogen and oxygen atoms in total. The lowest BCUT2D eigenvalue weighted by atomic mass is 10.0. The molecule has 1 aliphatic heterocycles. The van der Waals surface area contributed by atoms with Crippen LogP contribution in [0.1, 0.15) is 0 Å². The Kier molecular flexibility index (Phi) is 2.57. The molecule has 0 bridgehead atoms. The van der Waals surface area contributed by atoms with Crippen LogP contribution < -0.4 is 4.74 Å². The molecule has 1 aromatic heterocycles. The van der Waals surface area contributed by atoms with Crippen LogP contribution in [0.3, 0.4) is 0 Å². The molecular formula is C16H12N2OS. The van der Waals surface area contributed by atoms with Crippen LogP contribution in [-0.4, -0.2) is 16.5 Å². The van der Waals surface area contributed by atoms with Gasteiger partial charge < -0.3 is 4.74 Å². The van der Waals surface area contributed by atoms with Crippen molar-refractivity contribution in [3.63, 3.8) is 0 Å². The summed E-state index contributed by atoms with van der Waals surface area (Å²) in [6.07, 6.45) is 2.04. The molecule has 0 atom stereocenters. The van der Waals surface area contributed by atoms with Crippen molar-refractivity contribution in [2.75, 3.05) is 6.26 Å². The molecule has 2 aromatic carbocycles. The molecule has 0 aliphatic carbocycles. The molecule has 0 saturated carbocycles. The molecule has 98 valence electrons. The molecule has 0 fully saturated rings. The van der Waals surface area contributed by atoms with Gasteiger partial charge in [0.15, 0.2) is 0 Å². The van der Waals surface area contributed by atoms with Crippen molar-refractivity contribution in [2.24, 2.45) is 0 Å². The van der Waals surface area contributed by atoms with Crippen molar-refractivity contribution in [3.8, 4) is 33.9 Å². The van der Waals surface area contributed by atoms with Crippen LogP contribution in [0, 0.1) is 0 Å². The first-order valence-electron chi connectivity index (χ1n) is 6.37. The van der Waals surface area contributed by atoms with Crippen LogP contribution >= 0.6 is 11.8 Å². The predicted octanol–water partition coefficient (Wildman–Crippen LogP) is 4.57. The summed E-state index contributed by atoms with van der Waals surface area (Å²) >= 11 is 1.64. The molecule has 0 radical (unpaired) electrons. The summed E-state index contributed by atoms with van der Waals surface area (Å²) in [6.45, 7) is 0. The summed E-state index contributed by atoms with van der Waals surface area (Å²) in [5.74, 6) is 1.73. The molecule has 1 aliphatic rings. The van der Waals surface area contributed by atoms with Gasteiger partial charge in [-0.2, -0.15) is 5.10 Å². The monoisotopic (exact) mass is 280 g/mol. The second kappa shape index (κ2) is 4.42. The minimum absolute atomic E-state index is 0.856. The lowest BCUT2D eigenvalue weighted by molar-refractivity contribution is 0.487. The fourth-order valence-electron chi connectivity index (χ4n) is 2.56. The maximum absolute atomic E-state index is 6.09. The zero-order valence-corrected chi connectivity index (χ0v) is 11.7. The maximum Gasteiger partial charge on any atom is 0.136 e. The predicted molar refractivity (Wildman–Crippen MR) is 81.3 cm³/mol. The van der Waals surface area contributed by atoms with Crippen molar-refractivity contribution < 1.29 is 4.74 Å². The normalized spacial score (nSPS) is 11.8. The van der Waals surface area contributed by atoms with E-state index in [4.69, 9.17) is 4.74 Å². The van der Waals surface area contributed by atoms with Crippen molar-refractivity contribution in [2.45, 2.75) is 5.03 Å². The first-order chi connectivity index (χ1) is 9.88. The van der Waals surface area contributed by atoms with Gasteiger partial charge in [-0.25, -0.2) is 0 Å². The number of aromatic nitrogens is 2. The van der Waals surface area contributed by atoms with E-state index in [1.165, 1.54) is 0 Å². The number of aromatic amines is 1. The number of hydrogen-bond acceptors (Lipinski definition) is 3. The Hall–Kier alpha value is -2.20. The average Bonchev–Trinajstić information content (AvgIpc) is 2.86. The van der Waals surface area contributed by atoms with Crippen molar-refractivity contribution in [3.05, 3.63) is 48.5 Å². The highest BCUT2D eigenvalue weighted by Gasteiger charge is 2.24. The molecule has 0 unspecified atom stereocenters. The van der Waals surface area contributed by atoms with E-state index in [2.05, 4.69) is 22.3 Å². The number of nitrogens with zero attached hydrogens (tertiary/aromatic N) is 1. The number of hydrogen-bond donors (Lipinski definition) is 1. The number of fused-ring (bicyclic) bond motifs is 5. The number of ether oxygens (including phenoxy) is 1. The summed E-state index contributed by atoms with van der Waals surface area (Å²) in [7, 11) is 0. The van der Waals surface area contributed by atoms with Gasteiger partial charge in [0, 0.05) is 16.7 Å². The highest BCUT2D eigenvalue weighted by molar-refractivity contribution is 7.98. The maximum atomic E-state index is 6.09. The molecular weight excluding hydrogens is 268 g/mol. The second-order valence-electron chi connectivity index (χ2n) is 4.58. The summed E-state index contributed by atoms with van der Waals surface area (Å²) < 4.78 is 6.09. The molecule has 1 N–H and O–H groups in total. The topological polar surface area (TPSA) is 37.9 Å². The van der Waals surface area contributed by atoms with Gasteiger partial charge in [-0.1, -0.05) is 30.3 Å². The van der Waals surface area contributed by atoms with Gasteiger partial charge in [-0.3, -0.25) is 5.10 Å². The standard InChI is InChI=1S/C16H12N2OS/c1-20-16-14-10-6-2-4-8-12(10)19-13-9-5-3-7-11(13)15(14)17-18-16/h2-9H,1H3,(H,17,18). The Morgan fingerprint density at radius 2 is 1.60 bits per heavy atom. The highest BCUT2D eigenvalue weighted by atomic mass is 32.2. The van der Waals surface area contributed by atoms with E-state index in [1.54, 1.807) is 11.8 Å². The van der Waals surface area contributed by atoms with Crippen molar-refractivity contribution in [1.82, 2.24) is 10.2 Å². The van der Waals surface area contributed by atoms with E-state index in [-0.39, 0.29) is 0 Å². The van der Waals surface area contributed by atoms with Gasteiger partial charge >= 0.3 is 0 Å². The van der Waals surface area contributed by atoms with E-state index in [9.17, 15) is 0 Å². The Balaban J connectivity index is 2.12. The highest BCUT2D eigenvalue weighted by Crippen LogP contribution is 2.48. The smallest absolute Gasteiger partial charge is 0.136 e. The van der Waals surface area contributed by atoms with Crippen LogP contribution in [-0.2, 0) is 0 Å². The molecule has 20 heavy (non-hydrogen) atoms. The number of para-hydroxylation sites is 2. The Morgan fingerprint density at radius 3 is 2.35 bits per heavy atom. The number of thioether (sulfide) groups is 1. The van der Waals surface area contributed by atoms with Crippen molar-refractivity contribution in [1.29, 1.82) is 0 Å². The molecule has 3 aromatic rings. The first kappa shape index (κ1) is 11.6. The van der Waals surface area contributed by atoms with Crippen LogP contribution in [0.4, 0.5) is 0 Å². The van der Waals surface area contributed by atoms with Gasteiger partial charge in [0.2, 0.25) is 0 Å². The Bertz CT molecular complexity index is 795. The van der Waals surface area contributed by atoms with Crippen LogP contribution in [0.5, 0.6) is 11.5 Å². The van der Waals surface area contributed by atoms with Crippen LogP contribution in [0.2, 0.25) is 0 Å². The second-order valence-corrected chi connectivity index (χ2v) is 5.37. The molecule has 4 rings (SSSR count). The summed E-state index contributed by atoms with van der Waals surface area (Å²) in [6, 6.07) is 16.1. The zero-order valence-electron chi connectivity index (χ0n) is 10.9. The van der Waals surface area contributed by atoms with E-state index >= 15 is 0 Å². The third-order valence-electron chi connectivity index (χ3n) is 3.46. The summed E-state index contributed by atoms with van der Waals surface area (Å²) in [5.41, 5.74) is 4.27. The largest absolute Gasteiger partial charge is 0.456 e. The number of nitrogens with one attached hydrogen (secondary N) is 1. The fourth-order valence-corrected chi connectivity index (χ4v) is 3.11. The quantitative estimate of drug-likeness (QED) is 0.519. The Morgan fingerprint density at radius 1 is 0.950 bits per heavy atom. The van der Waals surface area contributed by atoms with Gasteiger partial charge in [0.05, 0.1) is 5.69 Å². The first-order valence-corrected chi connectivity index (χ1v) is 7.60. The van der Waals surface area contributed by atoms with Crippen molar-refractivity contribution >= 4 is 11.8 Å². The van der Waals surface area contributed by atoms with Crippen LogP contribution in [0.15, 0.2) is 53.6 Å². The third kappa shape index (κ3) is 1.58. The minimum Gasteiger partial charge on any atom is -0.456 e. The summed E-state index contributed by atoms with van der Waals surface area (Å²) in [5, 5.41) is 8.59. The molecule has 0 spiro atoms. The van der Waals surface area contributed by atoms with Gasteiger partial charge in [0.25, 0.3) is 0 Å². The number of H-pyrrole nitrogens is 1. The average molecular weight is 280 g/mol. The lowest BCUT2D eigenvalue weighted by Gasteiger charge is -2.08. The molecule has 0 saturated heterocycles. The summed E-state index contributed by atoms with van der Waals surface area (Å²) in [4.78, 5) is 0. The zero-order chi connectivity index (χ0) is 13.5. The van der Waals surface area contributed by atoms with Gasteiger partial charge in [-0.05, 0) is 24.5 Å². The number of rotatable bonds is 1. The Labute approximate surface area is 121 Å². The van der Waals surface area contributed by atoms with E-state index in [0.717, 1.165) is 38.9 Å². The lowest BCUT2D eigenvalue weighted by Crippen LogP contribution is -1.86. The van der Waals surface area contributed by atoms with E-state index in [1.807, 2.05) is 42.7 Å². The number of benzene rings is 2. The molecule has 0 amide bonds. The van der Waals surface area contributed by atoms with Gasteiger partial charge in [-0.15, -0.1) is 11.8 Å². The van der Waals surface area contributed by atoms with E-state index < -0.39 is 0 Å².